The highest BCUT2D eigenvalue weighted by atomic mass is 127. The van der Waals surface area contributed by atoms with E-state index in [4.69, 9.17) is 3.07 Å². The molecule has 0 unspecified atom stereocenters. The van der Waals surface area contributed by atoms with Crippen LogP contribution in [0.4, 0.5) is 0 Å². The van der Waals surface area contributed by atoms with Crippen LogP contribution in [0.3, 0.4) is 0 Å². The Morgan fingerprint density at radius 3 is 2.74 bits per heavy atom. The fourth-order valence-electron chi connectivity index (χ4n) is 2.16. The minimum absolute atomic E-state index is 0.253. The molecular formula is C17H12IN3O2. The first-order chi connectivity index (χ1) is 11.3. The number of hydrazone groups is 1. The summed E-state index contributed by atoms with van der Waals surface area (Å²) in [5, 5.41) is 4.93. The molecule has 0 saturated carbocycles. The predicted octanol–water partition coefficient (Wildman–Crippen LogP) is 3.73. The smallest absolute Gasteiger partial charge is 0.271 e. The van der Waals surface area contributed by atoms with Crippen molar-refractivity contribution in [3.05, 3.63) is 71.9 Å². The first kappa shape index (κ1) is 15.4. The summed E-state index contributed by atoms with van der Waals surface area (Å²) in [7, 11) is 0. The van der Waals surface area contributed by atoms with Gasteiger partial charge in [-0.1, -0.05) is 24.3 Å². The molecule has 0 atom stereocenters. The number of nitrogens with zero attached hydrogens (tertiary/aromatic N) is 2. The van der Waals surface area contributed by atoms with Gasteiger partial charge in [0.25, 0.3) is 5.91 Å². The molecule has 0 saturated heterocycles. The van der Waals surface area contributed by atoms with Gasteiger partial charge >= 0.3 is 0 Å². The van der Waals surface area contributed by atoms with Gasteiger partial charge in [0.1, 0.15) is 5.52 Å². The van der Waals surface area contributed by atoms with Crippen molar-refractivity contribution < 1.29 is 7.86 Å². The van der Waals surface area contributed by atoms with Crippen molar-refractivity contribution in [3.63, 3.8) is 0 Å². The fourth-order valence-corrected chi connectivity index (χ4v) is 2.51. The van der Waals surface area contributed by atoms with Crippen LogP contribution in [-0.2, 0) is 0 Å². The molecule has 0 aliphatic heterocycles. The second-order valence-electron chi connectivity index (χ2n) is 4.69. The van der Waals surface area contributed by atoms with Crippen LogP contribution in [0.2, 0.25) is 0 Å². The number of carbonyl (C=O) groups is 1. The summed E-state index contributed by atoms with van der Waals surface area (Å²) in [5.74, 6) is 0.433. The predicted molar refractivity (Wildman–Crippen MR) is 97.9 cm³/mol. The Bertz CT molecular complexity index is 866. The third-order valence-electron chi connectivity index (χ3n) is 3.26. The minimum atomic E-state index is -0.253. The summed E-state index contributed by atoms with van der Waals surface area (Å²) in [6.45, 7) is 0. The zero-order valence-corrected chi connectivity index (χ0v) is 14.1. The van der Waals surface area contributed by atoms with Crippen molar-refractivity contribution in [1.29, 1.82) is 0 Å². The summed E-state index contributed by atoms with van der Waals surface area (Å²) in [4.78, 5) is 16.3. The van der Waals surface area contributed by atoms with E-state index in [1.165, 1.54) is 0 Å². The molecule has 23 heavy (non-hydrogen) atoms. The second kappa shape index (κ2) is 7.19. The average molecular weight is 417 g/mol. The molecule has 1 heterocycles. The van der Waals surface area contributed by atoms with Crippen LogP contribution in [0.25, 0.3) is 10.9 Å². The highest BCUT2D eigenvalue weighted by Crippen LogP contribution is 2.27. The van der Waals surface area contributed by atoms with Crippen molar-refractivity contribution in [2.24, 2.45) is 5.10 Å². The number of hydrogen-bond donors (Lipinski definition) is 1. The standard InChI is InChI=1S/C17H12IN3O2/c18-23-15-9-8-13(14-7-4-10-19-16(14)15)11-20-21-17(22)12-5-2-1-3-6-12/h1-11H,(H,21,22)/b20-11+. The van der Waals surface area contributed by atoms with E-state index >= 15 is 0 Å². The van der Waals surface area contributed by atoms with E-state index < -0.39 is 0 Å². The van der Waals surface area contributed by atoms with Crippen LogP contribution >= 0.6 is 23.0 Å². The molecule has 2 aromatic carbocycles. The van der Waals surface area contributed by atoms with E-state index in [2.05, 4.69) is 15.5 Å². The normalized spacial score (nSPS) is 10.8. The number of amides is 1. The third-order valence-corrected chi connectivity index (χ3v) is 3.73. The number of hydrogen-bond acceptors (Lipinski definition) is 4. The number of benzene rings is 2. The van der Waals surface area contributed by atoms with E-state index in [0.717, 1.165) is 16.5 Å². The van der Waals surface area contributed by atoms with E-state index in [9.17, 15) is 4.79 Å². The molecule has 0 aliphatic carbocycles. The average Bonchev–Trinajstić information content (AvgIpc) is 2.62. The molecule has 5 nitrogen and oxygen atoms in total. The third kappa shape index (κ3) is 3.48. The Morgan fingerprint density at radius 2 is 1.96 bits per heavy atom. The second-order valence-corrected chi connectivity index (χ2v) is 5.14. The number of halogens is 1. The quantitative estimate of drug-likeness (QED) is 0.400. The molecule has 114 valence electrons. The van der Waals surface area contributed by atoms with Gasteiger partial charge in [0.2, 0.25) is 0 Å². The van der Waals surface area contributed by atoms with E-state index in [1.807, 2.05) is 53.3 Å². The largest absolute Gasteiger partial charge is 0.425 e. The van der Waals surface area contributed by atoms with Crippen molar-refractivity contribution in [2.45, 2.75) is 0 Å². The summed E-state index contributed by atoms with van der Waals surface area (Å²) >= 11 is 1.83. The lowest BCUT2D eigenvalue weighted by molar-refractivity contribution is 0.0955. The highest BCUT2D eigenvalue weighted by Gasteiger charge is 2.07. The number of pyridine rings is 1. The maximum Gasteiger partial charge on any atom is 0.271 e. The van der Waals surface area contributed by atoms with Crippen LogP contribution in [0, 0.1) is 0 Å². The molecule has 3 aromatic rings. The van der Waals surface area contributed by atoms with E-state index in [-0.39, 0.29) is 5.91 Å². The van der Waals surface area contributed by atoms with Gasteiger partial charge in [-0.05, 0) is 30.3 Å². The van der Waals surface area contributed by atoms with Gasteiger partial charge in [0.15, 0.2) is 28.8 Å². The Morgan fingerprint density at radius 1 is 1.13 bits per heavy atom. The van der Waals surface area contributed by atoms with Crippen LogP contribution in [0.1, 0.15) is 15.9 Å². The summed E-state index contributed by atoms with van der Waals surface area (Å²) in [6.07, 6.45) is 3.31. The number of aromatic nitrogens is 1. The van der Waals surface area contributed by atoms with Gasteiger partial charge in [-0.3, -0.25) is 9.78 Å². The van der Waals surface area contributed by atoms with Gasteiger partial charge in [-0.15, -0.1) is 0 Å². The van der Waals surface area contributed by atoms with Gasteiger partial charge in [0, 0.05) is 22.7 Å². The number of carbonyl (C=O) groups excluding carboxylic acids is 1. The van der Waals surface area contributed by atoms with Gasteiger partial charge in [-0.2, -0.15) is 5.10 Å². The molecular weight excluding hydrogens is 405 g/mol. The van der Waals surface area contributed by atoms with Crippen molar-refractivity contribution in [1.82, 2.24) is 10.4 Å². The van der Waals surface area contributed by atoms with Crippen molar-refractivity contribution in [3.8, 4) is 5.75 Å². The van der Waals surface area contributed by atoms with Crippen molar-refractivity contribution in [2.75, 3.05) is 0 Å². The van der Waals surface area contributed by atoms with Crippen molar-refractivity contribution >= 4 is 46.0 Å². The molecule has 0 aliphatic rings. The summed E-state index contributed by atoms with van der Waals surface area (Å²) in [5.41, 5.74) is 4.67. The van der Waals surface area contributed by atoms with Crippen LogP contribution in [0.5, 0.6) is 5.75 Å². The van der Waals surface area contributed by atoms with E-state index in [0.29, 0.717) is 11.3 Å². The van der Waals surface area contributed by atoms with Crippen LogP contribution in [-0.4, -0.2) is 17.1 Å². The first-order valence-electron chi connectivity index (χ1n) is 6.84. The number of rotatable bonds is 4. The molecule has 1 amide bonds. The van der Waals surface area contributed by atoms with Gasteiger partial charge in [-0.25, -0.2) is 5.43 Å². The molecule has 0 bridgehead atoms. The van der Waals surface area contributed by atoms with Crippen LogP contribution in [0.15, 0.2) is 65.9 Å². The molecule has 0 spiro atoms. The monoisotopic (exact) mass is 417 g/mol. The molecule has 1 N–H and O–H groups in total. The van der Waals surface area contributed by atoms with Crippen LogP contribution < -0.4 is 8.49 Å². The van der Waals surface area contributed by atoms with Gasteiger partial charge in [0.05, 0.1) is 6.21 Å². The molecule has 1 aromatic heterocycles. The van der Waals surface area contributed by atoms with Gasteiger partial charge < -0.3 is 3.07 Å². The zero-order valence-electron chi connectivity index (χ0n) is 11.9. The Balaban J connectivity index is 1.83. The number of nitrogens with one attached hydrogen (secondary N) is 1. The summed E-state index contributed by atoms with van der Waals surface area (Å²) in [6, 6.07) is 16.4. The maximum absolute atomic E-state index is 11.9. The zero-order chi connectivity index (χ0) is 16.1. The summed E-state index contributed by atoms with van der Waals surface area (Å²) < 4.78 is 5.28. The Hall–Kier alpha value is -2.48. The Labute approximate surface area is 147 Å². The maximum atomic E-state index is 11.9. The SMILES string of the molecule is O=C(N/N=C/c1ccc(OI)c2ncccc12)c1ccccc1. The number of fused-ring (bicyclic) bond motifs is 1. The minimum Gasteiger partial charge on any atom is -0.425 e. The lowest BCUT2D eigenvalue weighted by Crippen LogP contribution is -2.17. The fraction of sp³-hybridized carbons (Fsp3) is 0. The molecule has 3 rings (SSSR count). The molecule has 0 fully saturated rings. The Kier molecular flexibility index (Phi) is 4.82. The van der Waals surface area contributed by atoms with E-state index in [1.54, 1.807) is 36.7 Å². The lowest BCUT2D eigenvalue weighted by Gasteiger charge is -2.05. The molecule has 6 heteroatoms. The first-order valence-corrected chi connectivity index (χ1v) is 7.72. The topological polar surface area (TPSA) is 63.6 Å². The lowest BCUT2D eigenvalue weighted by atomic mass is 10.1. The highest BCUT2D eigenvalue weighted by molar-refractivity contribution is 14.1. The molecule has 0 radical (unpaired) electrons.